The summed E-state index contributed by atoms with van der Waals surface area (Å²) in [6.45, 7) is 2.82. The average Bonchev–Trinajstić information content (AvgIpc) is 2.97. The van der Waals surface area contributed by atoms with Crippen molar-refractivity contribution in [3.8, 4) is 0 Å². The molecule has 0 fully saturated rings. The van der Waals surface area contributed by atoms with Crippen LogP contribution in [0.5, 0.6) is 0 Å². The van der Waals surface area contributed by atoms with Crippen molar-refractivity contribution in [1.29, 1.82) is 0 Å². The van der Waals surface area contributed by atoms with E-state index in [0.29, 0.717) is 11.6 Å². The molecule has 2 heterocycles. The Hall–Kier alpha value is -1.21. The molecule has 1 amide bonds. The number of rotatable bonds is 4. The van der Waals surface area contributed by atoms with Crippen molar-refractivity contribution in [2.24, 2.45) is 0 Å². The molecule has 0 saturated carbocycles. The number of hydrogen-bond acceptors (Lipinski definition) is 4. The fourth-order valence-corrected chi connectivity index (χ4v) is 2.63. The molecule has 0 spiro atoms. The van der Waals surface area contributed by atoms with Crippen LogP contribution in [0.3, 0.4) is 0 Å². The zero-order chi connectivity index (χ0) is 13.1. The summed E-state index contributed by atoms with van der Waals surface area (Å²) in [5.41, 5.74) is 0.921. The summed E-state index contributed by atoms with van der Waals surface area (Å²) >= 11 is 4.77. The van der Waals surface area contributed by atoms with Gasteiger partial charge in [0.05, 0.1) is 22.6 Å². The van der Waals surface area contributed by atoms with Crippen molar-refractivity contribution in [2.45, 2.75) is 19.9 Å². The van der Waals surface area contributed by atoms with Crippen molar-refractivity contribution in [3.05, 3.63) is 27.9 Å². The molecule has 0 aliphatic rings. The molecule has 0 aliphatic carbocycles. The van der Waals surface area contributed by atoms with E-state index < -0.39 is 0 Å². The van der Waals surface area contributed by atoms with Crippen LogP contribution in [0.2, 0.25) is 0 Å². The van der Waals surface area contributed by atoms with Gasteiger partial charge < -0.3 is 0 Å². The minimum atomic E-state index is 0.00695. The first-order valence-corrected chi connectivity index (χ1v) is 7.10. The first kappa shape index (κ1) is 13.2. The maximum Gasteiger partial charge on any atom is 0.233 e. The van der Waals surface area contributed by atoms with Gasteiger partial charge in [0.15, 0.2) is 5.13 Å². The summed E-state index contributed by atoms with van der Waals surface area (Å²) in [6.07, 6.45) is 5.66. The van der Waals surface area contributed by atoms with Gasteiger partial charge in [-0.25, -0.2) is 4.98 Å². The lowest BCUT2D eigenvalue weighted by molar-refractivity contribution is -0.117. The van der Waals surface area contributed by atoms with E-state index in [-0.39, 0.29) is 5.91 Å². The van der Waals surface area contributed by atoms with Crippen molar-refractivity contribution < 1.29 is 4.79 Å². The minimum absolute atomic E-state index is 0.00695. The lowest BCUT2D eigenvalue weighted by Crippen LogP contribution is -2.27. The van der Waals surface area contributed by atoms with E-state index >= 15 is 0 Å². The zero-order valence-electron chi connectivity index (χ0n) is 10.1. The van der Waals surface area contributed by atoms with E-state index in [0.717, 1.165) is 15.9 Å². The number of hydrogen-bond donors (Lipinski definition) is 0. The summed E-state index contributed by atoms with van der Waals surface area (Å²) in [6, 6.07) is 0. The second kappa shape index (κ2) is 5.62. The molecule has 7 heteroatoms. The van der Waals surface area contributed by atoms with E-state index in [2.05, 4.69) is 26.0 Å². The number of nitrogens with zero attached hydrogens (tertiary/aromatic N) is 4. The fourth-order valence-electron chi connectivity index (χ4n) is 1.47. The van der Waals surface area contributed by atoms with Crippen LogP contribution >= 0.6 is 27.3 Å². The first-order valence-electron chi connectivity index (χ1n) is 5.49. The Morgan fingerprint density at radius 2 is 2.33 bits per heavy atom. The number of halogens is 1. The number of aryl methyl sites for hydroxylation is 1. The third-order valence-electron chi connectivity index (χ3n) is 2.49. The molecular formula is C11H13BrN4OS. The standard InChI is InChI=1S/C11H13BrN4OS/c1-3-16-7-8(5-14-16)4-10(17)15(2)11-13-6-9(12)18-11/h5-7H,3-4H2,1-2H3. The lowest BCUT2D eigenvalue weighted by atomic mass is 10.2. The monoisotopic (exact) mass is 328 g/mol. The van der Waals surface area contributed by atoms with Gasteiger partial charge in [-0.3, -0.25) is 14.4 Å². The summed E-state index contributed by atoms with van der Waals surface area (Å²) in [7, 11) is 1.73. The molecule has 96 valence electrons. The molecule has 2 aromatic rings. The maximum atomic E-state index is 12.1. The molecule has 0 atom stereocenters. The molecule has 0 saturated heterocycles. The molecular weight excluding hydrogens is 316 g/mol. The number of thiazole rings is 1. The number of anilines is 1. The third-order valence-corrected chi connectivity index (χ3v) is 4.04. The Labute approximate surface area is 118 Å². The van der Waals surface area contributed by atoms with Gasteiger partial charge in [-0.15, -0.1) is 0 Å². The van der Waals surface area contributed by atoms with Gasteiger partial charge >= 0.3 is 0 Å². The Morgan fingerprint density at radius 1 is 1.56 bits per heavy atom. The van der Waals surface area contributed by atoms with Crippen molar-refractivity contribution >= 4 is 38.3 Å². The summed E-state index contributed by atoms with van der Waals surface area (Å²) in [5, 5.41) is 4.84. The molecule has 0 bridgehead atoms. The van der Waals surface area contributed by atoms with E-state index in [1.54, 1.807) is 24.3 Å². The largest absolute Gasteiger partial charge is 0.291 e. The second-order valence-electron chi connectivity index (χ2n) is 3.78. The Kier molecular flexibility index (Phi) is 4.13. The van der Waals surface area contributed by atoms with Gasteiger partial charge in [-0.2, -0.15) is 5.10 Å². The quantitative estimate of drug-likeness (QED) is 0.865. The van der Waals surface area contributed by atoms with Gasteiger partial charge in [-0.1, -0.05) is 11.3 Å². The predicted octanol–water partition coefficient (Wildman–Crippen LogP) is 2.33. The Bertz CT molecular complexity index is 551. The lowest BCUT2D eigenvalue weighted by Gasteiger charge is -2.12. The van der Waals surface area contributed by atoms with Gasteiger partial charge in [0, 0.05) is 19.8 Å². The summed E-state index contributed by atoms with van der Waals surface area (Å²) in [5.74, 6) is 0.00695. The molecule has 0 unspecified atom stereocenters. The molecule has 2 rings (SSSR count). The van der Waals surface area contributed by atoms with Crippen LogP contribution < -0.4 is 4.90 Å². The molecule has 0 radical (unpaired) electrons. The number of likely N-dealkylation sites (N-methyl/N-ethyl adjacent to an activating group) is 1. The first-order chi connectivity index (χ1) is 8.60. The van der Waals surface area contributed by atoms with Gasteiger partial charge in [0.25, 0.3) is 0 Å². The highest BCUT2D eigenvalue weighted by Gasteiger charge is 2.15. The van der Waals surface area contributed by atoms with Crippen molar-refractivity contribution in [2.75, 3.05) is 11.9 Å². The maximum absolute atomic E-state index is 12.1. The minimum Gasteiger partial charge on any atom is -0.291 e. The fraction of sp³-hybridized carbons (Fsp3) is 0.364. The second-order valence-corrected chi connectivity index (χ2v) is 6.17. The number of amides is 1. The molecule has 18 heavy (non-hydrogen) atoms. The average molecular weight is 329 g/mol. The SMILES string of the molecule is CCn1cc(CC(=O)N(C)c2ncc(Br)s2)cn1. The summed E-state index contributed by atoms with van der Waals surface area (Å²) in [4.78, 5) is 17.8. The molecule has 2 aromatic heterocycles. The Balaban J connectivity index is 2.03. The summed E-state index contributed by atoms with van der Waals surface area (Å²) < 4.78 is 2.72. The van der Waals surface area contributed by atoms with Crippen LogP contribution in [0, 0.1) is 0 Å². The van der Waals surface area contributed by atoms with Crippen molar-refractivity contribution in [3.63, 3.8) is 0 Å². The van der Waals surface area contributed by atoms with Crippen LogP contribution in [0.15, 0.2) is 22.4 Å². The Morgan fingerprint density at radius 3 is 2.89 bits per heavy atom. The van der Waals surface area contributed by atoms with Gasteiger partial charge in [0.1, 0.15) is 0 Å². The smallest absolute Gasteiger partial charge is 0.233 e. The highest BCUT2D eigenvalue weighted by Crippen LogP contribution is 2.26. The van der Waals surface area contributed by atoms with Gasteiger partial charge in [0.2, 0.25) is 5.91 Å². The van der Waals surface area contributed by atoms with Crippen LogP contribution in [-0.4, -0.2) is 27.7 Å². The van der Waals surface area contributed by atoms with Crippen LogP contribution in [-0.2, 0) is 17.8 Å². The topological polar surface area (TPSA) is 51.0 Å². The van der Waals surface area contributed by atoms with E-state index in [4.69, 9.17) is 0 Å². The van der Waals surface area contributed by atoms with Crippen LogP contribution in [0.25, 0.3) is 0 Å². The number of carbonyl (C=O) groups excluding carboxylic acids is 1. The molecule has 5 nitrogen and oxygen atoms in total. The molecule has 0 aromatic carbocycles. The normalized spacial score (nSPS) is 10.6. The highest BCUT2D eigenvalue weighted by atomic mass is 79.9. The van der Waals surface area contributed by atoms with E-state index in [1.807, 2.05) is 17.8 Å². The van der Waals surface area contributed by atoms with Gasteiger partial charge in [-0.05, 0) is 28.4 Å². The third kappa shape index (κ3) is 2.97. The van der Waals surface area contributed by atoms with Crippen LogP contribution in [0.1, 0.15) is 12.5 Å². The zero-order valence-corrected chi connectivity index (χ0v) is 12.5. The number of aromatic nitrogens is 3. The molecule has 0 N–H and O–H groups in total. The highest BCUT2D eigenvalue weighted by molar-refractivity contribution is 9.11. The van der Waals surface area contributed by atoms with E-state index in [1.165, 1.54) is 11.3 Å². The van der Waals surface area contributed by atoms with Crippen molar-refractivity contribution in [1.82, 2.24) is 14.8 Å². The predicted molar refractivity (Wildman–Crippen MR) is 74.8 cm³/mol. The van der Waals surface area contributed by atoms with Crippen LogP contribution in [0.4, 0.5) is 5.13 Å². The van der Waals surface area contributed by atoms with E-state index in [9.17, 15) is 4.79 Å². The number of carbonyl (C=O) groups is 1. The molecule has 0 aliphatic heterocycles.